The maximum atomic E-state index is 12.7. The van der Waals surface area contributed by atoms with E-state index in [0.717, 1.165) is 17.3 Å². The molecule has 0 saturated carbocycles. The van der Waals surface area contributed by atoms with Crippen LogP contribution in [0.4, 0.5) is 4.39 Å². The van der Waals surface area contributed by atoms with Gasteiger partial charge in [-0.3, -0.25) is 0 Å². The predicted molar refractivity (Wildman–Crippen MR) is 74.1 cm³/mol. The summed E-state index contributed by atoms with van der Waals surface area (Å²) in [5.74, 6) is 1.25. The number of nitrogens with zero attached hydrogens (tertiary/aromatic N) is 4. The van der Waals surface area contributed by atoms with Crippen molar-refractivity contribution < 1.29 is 9.13 Å². The summed E-state index contributed by atoms with van der Waals surface area (Å²) in [5.41, 5.74) is 5.47. The number of aromatic nitrogens is 4. The van der Waals surface area contributed by atoms with Crippen LogP contribution in [0.5, 0.6) is 5.75 Å². The molecule has 108 valence electrons. The van der Waals surface area contributed by atoms with Crippen LogP contribution in [0.3, 0.4) is 0 Å². The maximum absolute atomic E-state index is 12.7. The summed E-state index contributed by atoms with van der Waals surface area (Å²) in [5, 5.41) is 12.2. The van der Waals surface area contributed by atoms with Crippen LogP contribution in [0.15, 0.2) is 29.4 Å². The summed E-state index contributed by atoms with van der Waals surface area (Å²) in [6, 6.07) is 5.99. The molecule has 1 aromatic carbocycles. The largest absolute Gasteiger partial charge is 0.494 e. The second-order valence-electron chi connectivity index (χ2n) is 3.98. The van der Waals surface area contributed by atoms with Crippen molar-refractivity contribution in [2.45, 2.75) is 18.1 Å². The Kier molecular flexibility index (Phi) is 5.75. The normalized spacial score (nSPS) is 10.7. The summed E-state index contributed by atoms with van der Waals surface area (Å²) >= 11 is 1.56. The molecule has 0 spiro atoms. The van der Waals surface area contributed by atoms with Gasteiger partial charge in [0.05, 0.1) is 13.2 Å². The number of nitrogens with two attached hydrogens (primary N) is 1. The molecule has 0 aliphatic rings. The van der Waals surface area contributed by atoms with Crippen molar-refractivity contribution in [3.63, 3.8) is 0 Å². The molecule has 8 heteroatoms. The number of benzene rings is 1. The standard InChI is InChI=1S/C12H16FN5OS/c13-10-2-4-11(5-3-10)19-8-1-9-20-12-15-16-17-18(12)7-6-14/h2-5H,1,6-9,14H2. The number of halogens is 1. The first kappa shape index (κ1) is 14.7. The third-order valence-electron chi connectivity index (χ3n) is 2.44. The maximum Gasteiger partial charge on any atom is 0.209 e. The third kappa shape index (κ3) is 4.46. The Morgan fingerprint density at radius 1 is 1.30 bits per heavy atom. The van der Waals surface area contributed by atoms with Crippen molar-refractivity contribution in [2.24, 2.45) is 5.73 Å². The van der Waals surface area contributed by atoms with Gasteiger partial charge in [-0.15, -0.1) is 5.10 Å². The Labute approximate surface area is 120 Å². The Morgan fingerprint density at radius 3 is 2.85 bits per heavy atom. The molecule has 2 N–H and O–H groups in total. The van der Waals surface area contributed by atoms with E-state index in [9.17, 15) is 4.39 Å². The topological polar surface area (TPSA) is 78.9 Å². The lowest BCUT2D eigenvalue weighted by atomic mass is 10.3. The average Bonchev–Trinajstić information content (AvgIpc) is 2.88. The first-order valence-electron chi connectivity index (χ1n) is 6.27. The highest BCUT2D eigenvalue weighted by Crippen LogP contribution is 2.15. The van der Waals surface area contributed by atoms with Gasteiger partial charge in [-0.05, 0) is 41.1 Å². The molecule has 6 nitrogen and oxygen atoms in total. The summed E-state index contributed by atoms with van der Waals surface area (Å²) in [7, 11) is 0. The van der Waals surface area contributed by atoms with Crippen LogP contribution in [0.2, 0.25) is 0 Å². The van der Waals surface area contributed by atoms with Crippen molar-refractivity contribution in [3.8, 4) is 5.75 Å². The summed E-state index contributed by atoms with van der Waals surface area (Å²) < 4.78 is 19.9. The lowest BCUT2D eigenvalue weighted by molar-refractivity contribution is 0.318. The molecule has 0 aliphatic carbocycles. The van der Waals surface area contributed by atoms with E-state index in [1.165, 1.54) is 12.1 Å². The van der Waals surface area contributed by atoms with Crippen molar-refractivity contribution in [3.05, 3.63) is 30.1 Å². The zero-order valence-corrected chi connectivity index (χ0v) is 11.7. The minimum atomic E-state index is -0.264. The number of tetrazole rings is 1. The number of ether oxygens (including phenoxy) is 1. The Balaban J connectivity index is 1.66. The zero-order chi connectivity index (χ0) is 14.2. The lowest BCUT2D eigenvalue weighted by Gasteiger charge is -2.05. The lowest BCUT2D eigenvalue weighted by Crippen LogP contribution is -2.12. The molecule has 2 aromatic rings. The van der Waals surface area contributed by atoms with E-state index in [-0.39, 0.29) is 5.82 Å². The third-order valence-corrected chi connectivity index (χ3v) is 3.49. The highest BCUT2D eigenvalue weighted by atomic mass is 32.2. The summed E-state index contributed by atoms with van der Waals surface area (Å²) in [6.45, 7) is 1.69. The highest BCUT2D eigenvalue weighted by molar-refractivity contribution is 7.99. The molecule has 1 aromatic heterocycles. The number of thioether (sulfide) groups is 1. The van der Waals surface area contributed by atoms with E-state index in [1.807, 2.05) is 0 Å². The molecule has 0 fully saturated rings. The van der Waals surface area contributed by atoms with Crippen molar-refractivity contribution in [1.29, 1.82) is 0 Å². The van der Waals surface area contributed by atoms with Crippen LogP contribution < -0.4 is 10.5 Å². The monoisotopic (exact) mass is 297 g/mol. The van der Waals surface area contributed by atoms with Crippen LogP contribution in [0.1, 0.15) is 6.42 Å². The van der Waals surface area contributed by atoms with Gasteiger partial charge in [-0.1, -0.05) is 11.8 Å². The van der Waals surface area contributed by atoms with Gasteiger partial charge < -0.3 is 10.5 Å². The van der Waals surface area contributed by atoms with E-state index in [0.29, 0.717) is 25.4 Å². The molecule has 0 saturated heterocycles. The Bertz CT molecular complexity index is 519. The van der Waals surface area contributed by atoms with Crippen molar-refractivity contribution in [1.82, 2.24) is 20.2 Å². The summed E-state index contributed by atoms with van der Waals surface area (Å²) in [4.78, 5) is 0. The average molecular weight is 297 g/mol. The second kappa shape index (κ2) is 7.81. The van der Waals surface area contributed by atoms with E-state index in [2.05, 4.69) is 15.5 Å². The van der Waals surface area contributed by atoms with E-state index in [1.54, 1.807) is 28.6 Å². The van der Waals surface area contributed by atoms with Crippen LogP contribution >= 0.6 is 11.8 Å². The molecular formula is C12H16FN5OS. The van der Waals surface area contributed by atoms with Gasteiger partial charge in [0.25, 0.3) is 0 Å². The highest BCUT2D eigenvalue weighted by Gasteiger charge is 2.05. The fraction of sp³-hybridized carbons (Fsp3) is 0.417. The van der Waals surface area contributed by atoms with Crippen molar-refractivity contribution >= 4 is 11.8 Å². The Morgan fingerprint density at radius 2 is 2.10 bits per heavy atom. The van der Waals surface area contributed by atoms with Gasteiger partial charge >= 0.3 is 0 Å². The fourth-order valence-electron chi connectivity index (χ4n) is 1.51. The van der Waals surface area contributed by atoms with Gasteiger partial charge in [-0.2, -0.15) is 0 Å². The number of rotatable bonds is 8. The molecule has 0 unspecified atom stereocenters. The molecule has 2 rings (SSSR count). The first-order chi connectivity index (χ1) is 9.79. The van der Waals surface area contributed by atoms with Crippen LogP contribution in [0, 0.1) is 5.82 Å². The summed E-state index contributed by atoms with van der Waals surface area (Å²) in [6.07, 6.45) is 0.845. The molecule has 0 bridgehead atoms. The van der Waals surface area contributed by atoms with Crippen molar-refractivity contribution in [2.75, 3.05) is 18.9 Å². The molecule has 0 amide bonds. The minimum absolute atomic E-state index is 0.264. The van der Waals surface area contributed by atoms with Gasteiger partial charge in [0.2, 0.25) is 5.16 Å². The number of hydrogen-bond acceptors (Lipinski definition) is 6. The van der Waals surface area contributed by atoms with Gasteiger partial charge in [-0.25, -0.2) is 9.07 Å². The van der Waals surface area contributed by atoms with Gasteiger partial charge in [0, 0.05) is 12.3 Å². The predicted octanol–water partition coefficient (Wildman–Crippen LogP) is 1.33. The SMILES string of the molecule is NCCn1nnnc1SCCCOc1ccc(F)cc1. The smallest absolute Gasteiger partial charge is 0.209 e. The van der Waals surface area contributed by atoms with E-state index >= 15 is 0 Å². The van der Waals surface area contributed by atoms with Crippen LogP contribution in [-0.2, 0) is 6.54 Å². The quantitative estimate of drug-likeness (QED) is 0.585. The molecule has 0 aliphatic heterocycles. The molecule has 20 heavy (non-hydrogen) atoms. The van der Waals surface area contributed by atoms with Crippen LogP contribution in [0.25, 0.3) is 0 Å². The molecular weight excluding hydrogens is 281 g/mol. The van der Waals surface area contributed by atoms with Gasteiger partial charge in [0.1, 0.15) is 11.6 Å². The van der Waals surface area contributed by atoms with Crippen LogP contribution in [-0.4, -0.2) is 39.1 Å². The number of hydrogen-bond donors (Lipinski definition) is 1. The van der Waals surface area contributed by atoms with E-state index in [4.69, 9.17) is 10.5 Å². The molecule has 0 atom stereocenters. The molecule has 1 heterocycles. The first-order valence-corrected chi connectivity index (χ1v) is 7.25. The molecule has 0 radical (unpaired) electrons. The zero-order valence-electron chi connectivity index (χ0n) is 10.9. The fourth-order valence-corrected chi connectivity index (χ4v) is 2.32. The second-order valence-corrected chi connectivity index (χ2v) is 5.04. The Hall–Kier alpha value is -1.67. The van der Waals surface area contributed by atoms with E-state index < -0.39 is 0 Å². The minimum Gasteiger partial charge on any atom is -0.494 e. The van der Waals surface area contributed by atoms with Gasteiger partial charge in [0.15, 0.2) is 0 Å².